The van der Waals surface area contributed by atoms with E-state index >= 15 is 0 Å². The Kier molecular flexibility index (Phi) is 14.5. The van der Waals surface area contributed by atoms with Crippen molar-refractivity contribution in [3.63, 3.8) is 0 Å². The van der Waals surface area contributed by atoms with Gasteiger partial charge in [0.15, 0.2) is 0 Å². The lowest BCUT2D eigenvalue weighted by Crippen LogP contribution is -2.31. The van der Waals surface area contributed by atoms with Crippen LogP contribution < -0.4 is 10.6 Å². The van der Waals surface area contributed by atoms with Crippen molar-refractivity contribution >= 4 is 5.91 Å². The lowest BCUT2D eigenvalue weighted by Gasteiger charge is -2.06. The van der Waals surface area contributed by atoms with Crippen molar-refractivity contribution < 1.29 is 9.90 Å². The Morgan fingerprint density at radius 1 is 1.00 bits per heavy atom. The minimum atomic E-state index is 0.0868. The van der Waals surface area contributed by atoms with E-state index in [1.807, 2.05) is 19.1 Å². The van der Waals surface area contributed by atoms with E-state index in [4.69, 9.17) is 5.11 Å². The van der Waals surface area contributed by atoms with E-state index in [1.54, 1.807) is 0 Å². The number of aliphatic hydroxyl groups excluding tert-OH is 1. The van der Waals surface area contributed by atoms with Crippen LogP contribution in [0.1, 0.15) is 51.9 Å². The zero-order chi connectivity index (χ0) is 14.2. The first-order valence-corrected chi connectivity index (χ1v) is 7.50. The Balaban J connectivity index is 3.08. The lowest BCUT2D eigenvalue weighted by atomic mass is 10.1. The molecule has 0 aliphatic heterocycles. The third-order valence-corrected chi connectivity index (χ3v) is 2.92. The minimum absolute atomic E-state index is 0.0868. The standard InChI is InChI=1S/C15H30N2O2/c1-2-3-10-15(19)17-13-12-16-11-8-6-4-5-7-9-14-18/h2-3,16,18H,4-14H2,1H3,(H,17,19)/b3-2+. The Morgan fingerprint density at radius 2 is 1.68 bits per heavy atom. The van der Waals surface area contributed by atoms with Gasteiger partial charge < -0.3 is 15.7 Å². The molecule has 0 saturated carbocycles. The summed E-state index contributed by atoms with van der Waals surface area (Å²) in [7, 11) is 0. The van der Waals surface area contributed by atoms with Crippen LogP contribution in [0.2, 0.25) is 0 Å². The maximum Gasteiger partial charge on any atom is 0.223 e. The van der Waals surface area contributed by atoms with E-state index in [9.17, 15) is 4.79 Å². The number of hydrogen-bond acceptors (Lipinski definition) is 3. The minimum Gasteiger partial charge on any atom is -0.396 e. The predicted octanol–water partition coefficient (Wildman–Crippen LogP) is 1.99. The highest BCUT2D eigenvalue weighted by Gasteiger charge is 1.96. The molecule has 0 fully saturated rings. The number of carbonyl (C=O) groups is 1. The van der Waals surface area contributed by atoms with E-state index in [2.05, 4.69) is 10.6 Å². The first kappa shape index (κ1) is 18.1. The molecule has 0 aromatic heterocycles. The zero-order valence-corrected chi connectivity index (χ0v) is 12.3. The summed E-state index contributed by atoms with van der Waals surface area (Å²) in [6, 6.07) is 0. The quantitative estimate of drug-likeness (QED) is 0.354. The Hall–Kier alpha value is -0.870. The van der Waals surface area contributed by atoms with Crippen LogP contribution in [0.5, 0.6) is 0 Å². The highest BCUT2D eigenvalue weighted by atomic mass is 16.2. The summed E-state index contributed by atoms with van der Waals surface area (Å²) in [6.45, 7) is 4.80. The fourth-order valence-corrected chi connectivity index (χ4v) is 1.78. The van der Waals surface area contributed by atoms with Gasteiger partial charge in [-0.3, -0.25) is 4.79 Å². The normalized spacial score (nSPS) is 11.1. The summed E-state index contributed by atoms with van der Waals surface area (Å²) in [6.07, 6.45) is 11.2. The molecule has 0 rings (SSSR count). The zero-order valence-electron chi connectivity index (χ0n) is 12.3. The molecule has 112 valence electrons. The van der Waals surface area contributed by atoms with Gasteiger partial charge in [0, 0.05) is 26.1 Å². The molecule has 0 aliphatic carbocycles. The van der Waals surface area contributed by atoms with E-state index in [0.29, 0.717) is 19.6 Å². The topological polar surface area (TPSA) is 61.4 Å². The average molecular weight is 270 g/mol. The largest absolute Gasteiger partial charge is 0.396 e. The van der Waals surface area contributed by atoms with Crippen LogP contribution in [0.3, 0.4) is 0 Å². The van der Waals surface area contributed by atoms with Gasteiger partial charge in [-0.2, -0.15) is 0 Å². The van der Waals surface area contributed by atoms with Crippen LogP contribution in [0.25, 0.3) is 0 Å². The van der Waals surface area contributed by atoms with Crippen molar-refractivity contribution in [2.45, 2.75) is 51.9 Å². The number of amides is 1. The van der Waals surface area contributed by atoms with Gasteiger partial charge in [-0.05, 0) is 26.3 Å². The van der Waals surface area contributed by atoms with Gasteiger partial charge in [-0.15, -0.1) is 0 Å². The number of allylic oxidation sites excluding steroid dienone is 1. The van der Waals surface area contributed by atoms with Gasteiger partial charge in [0.2, 0.25) is 5.91 Å². The monoisotopic (exact) mass is 270 g/mol. The molecule has 0 atom stereocenters. The molecule has 4 nitrogen and oxygen atoms in total. The van der Waals surface area contributed by atoms with Crippen molar-refractivity contribution in [1.29, 1.82) is 0 Å². The van der Waals surface area contributed by atoms with Gasteiger partial charge in [0.25, 0.3) is 0 Å². The number of nitrogens with one attached hydrogen (secondary N) is 2. The average Bonchev–Trinajstić information content (AvgIpc) is 2.42. The smallest absolute Gasteiger partial charge is 0.223 e. The van der Waals surface area contributed by atoms with Crippen LogP contribution in [0, 0.1) is 0 Å². The summed E-state index contributed by atoms with van der Waals surface area (Å²) in [5.41, 5.74) is 0. The molecule has 0 bridgehead atoms. The number of carbonyl (C=O) groups excluding carboxylic acids is 1. The fourth-order valence-electron chi connectivity index (χ4n) is 1.78. The molecular weight excluding hydrogens is 240 g/mol. The third-order valence-electron chi connectivity index (χ3n) is 2.92. The number of hydrogen-bond donors (Lipinski definition) is 3. The molecule has 0 spiro atoms. The van der Waals surface area contributed by atoms with E-state index in [1.165, 1.54) is 25.7 Å². The second kappa shape index (κ2) is 15.2. The fraction of sp³-hybridized carbons (Fsp3) is 0.800. The van der Waals surface area contributed by atoms with Crippen LogP contribution in [-0.4, -0.2) is 37.3 Å². The number of aliphatic hydroxyl groups is 1. The van der Waals surface area contributed by atoms with Crippen molar-refractivity contribution in [2.24, 2.45) is 0 Å². The Labute approximate surface area is 117 Å². The SMILES string of the molecule is C/C=C/CC(=O)NCCNCCCCCCCCO. The van der Waals surface area contributed by atoms with Crippen LogP contribution in [0.15, 0.2) is 12.2 Å². The molecule has 3 N–H and O–H groups in total. The van der Waals surface area contributed by atoms with E-state index in [0.717, 1.165) is 25.9 Å². The molecule has 0 heterocycles. The van der Waals surface area contributed by atoms with Gasteiger partial charge >= 0.3 is 0 Å². The Bertz CT molecular complexity index is 230. The number of unbranched alkanes of at least 4 members (excludes halogenated alkanes) is 5. The molecule has 0 aromatic carbocycles. The van der Waals surface area contributed by atoms with Gasteiger partial charge in [-0.1, -0.05) is 37.8 Å². The summed E-state index contributed by atoms with van der Waals surface area (Å²) in [4.78, 5) is 11.3. The molecule has 1 amide bonds. The van der Waals surface area contributed by atoms with E-state index in [-0.39, 0.29) is 5.91 Å². The summed E-state index contributed by atoms with van der Waals surface area (Å²) < 4.78 is 0. The van der Waals surface area contributed by atoms with Crippen LogP contribution in [-0.2, 0) is 4.79 Å². The first-order chi connectivity index (χ1) is 9.31. The predicted molar refractivity (Wildman–Crippen MR) is 80.1 cm³/mol. The maximum atomic E-state index is 11.3. The molecule has 0 aliphatic rings. The Morgan fingerprint density at radius 3 is 2.37 bits per heavy atom. The highest BCUT2D eigenvalue weighted by Crippen LogP contribution is 2.04. The molecule has 4 heteroatoms. The summed E-state index contributed by atoms with van der Waals surface area (Å²) in [5.74, 6) is 0.0868. The molecule has 0 saturated heterocycles. The highest BCUT2D eigenvalue weighted by molar-refractivity contribution is 5.77. The van der Waals surface area contributed by atoms with Gasteiger partial charge in [0.1, 0.15) is 0 Å². The van der Waals surface area contributed by atoms with Gasteiger partial charge in [0.05, 0.1) is 0 Å². The second-order valence-corrected chi connectivity index (χ2v) is 4.72. The molecule has 0 aromatic rings. The van der Waals surface area contributed by atoms with Crippen molar-refractivity contribution in [1.82, 2.24) is 10.6 Å². The van der Waals surface area contributed by atoms with Crippen molar-refractivity contribution in [3.05, 3.63) is 12.2 Å². The van der Waals surface area contributed by atoms with Crippen molar-refractivity contribution in [2.75, 3.05) is 26.2 Å². The molecule has 19 heavy (non-hydrogen) atoms. The molecule has 0 unspecified atom stereocenters. The summed E-state index contributed by atoms with van der Waals surface area (Å²) in [5, 5.41) is 14.8. The van der Waals surface area contributed by atoms with Crippen molar-refractivity contribution in [3.8, 4) is 0 Å². The van der Waals surface area contributed by atoms with Crippen LogP contribution >= 0.6 is 0 Å². The van der Waals surface area contributed by atoms with Gasteiger partial charge in [-0.25, -0.2) is 0 Å². The second-order valence-electron chi connectivity index (χ2n) is 4.72. The maximum absolute atomic E-state index is 11.3. The summed E-state index contributed by atoms with van der Waals surface area (Å²) >= 11 is 0. The van der Waals surface area contributed by atoms with Crippen LogP contribution in [0.4, 0.5) is 0 Å². The lowest BCUT2D eigenvalue weighted by molar-refractivity contribution is -0.120. The molecule has 0 radical (unpaired) electrons. The first-order valence-electron chi connectivity index (χ1n) is 7.50. The third kappa shape index (κ3) is 15.1. The number of rotatable bonds is 13. The molecular formula is C15H30N2O2. The van der Waals surface area contributed by atoms with E-state index < -0.39 is 0 Å².